The maximum absolute atomic E-state index is 13.0. The summed E-state index contributed by atoms with van der Waals surface area (Å²) in [6, 6.07) is 3.42. The summed E-state index contributed by atoms with van der Waals surface area (Å²) < 4.78 is 38.8. The number of aromatic nitrogens is 1. The van der Waals surface area contributed by atoms with Crippen LogP contribution in [0.1, 0.15) is 32.7 Å². The van der Waals surface area contributed by atoms with E-state index in [1.54, 1.807) is 13.8 Å². The highest BCUT2D eigenvalue weighted by molar-refractivity contribution is 9.10. The van der Waals surface area contributed by atoms with Gasteiger partial charge >= 0.3 is 6.18 Å². The first-order valence-corrected chi connectivity index (χ1v) is 9.76. The van der Waals surface area contributed by atoms with Crippen molar-refractivity contribution in [3.8, 4) is 0 Å². The summed E-state index contributed by atoms with van der Waals surface area (Å²) in [5.41, 5.74) is 7.02. The fourth-order valence-corrected chi connectivity index (χ4v) is 3.87. The van der Waals surface area contributed by atoms with Crippen molar-refractivity contribution < 1.29 is 22.8 Å². The van der Waals surface area contributed by atoms with Crippen LogP contribution in [-0.4, -0.2) is 22.6 Å². The quantitative estimate of drug-likeness (QED) is 0.617. The van der Waals surface area contributed by atoms with Crippen molar-refractivity contribution in [2.45, 2.75) is 32.0 Å². The molecule has 0 saturated heterocycles. The minimum Gasteiger partial charge on any atom is -0.366 e. The highest BCUT2D eigenvalue weighted by Crippen LogP contribution is 2.36. The fourth-order valence-electron chi connectivity index (χ4n) is 2.46. The lowest BCUT2D eigenvalue weighted by molar-refractivity contribution is -0.138. The van der Waals surface area contributed by atoms with Crippen LogP contribution in [0.5, 0.6) is 0 Å². The number of hydrogen-bond donors (Lipinski definition) is 2. The van der Waals surface area contributed by atoms with Gasteiger partial charge in [0.25, 0.3) is 5.91 Å². The van der Waals surface area contributed by atoms with E-state index >= 15 is 0 Å². The number of carbonyl (C=O) groups excluding carboxylic acids is 2. The van der Waals surface area contributed by atoms with Gasteiger partial charge in [-0.15, -0.1) is 0 Å². The van der Waals surface area contributed by atoms with Crippen LogP contribution in [0.25, 0.3) is 0 Å². The number of aryl methyl sites for hydroxylation is 1. The molecule has 10 heteroatoms. The molecule has 150 valence electrons. The zero-order valence-electron chi connectivity index (χ0n) is 15.2. The molecule has 2 aromatic rings. The van der Waals surface area contributed by atoms with Gasteiger partial charge < -0.3 is 11.1 Å². The normalized spacial score (nSPS) is 11.4. The van der Waals surface area contributed by atoms with Gasteiger partial charge in [0.2, 0.25) is 5.91 Å². The van der Waals surface area contributed by atoms with E-state index in [1.807, 2.05) is 6.92 Å². The van der Waals surface area contributed by atoms with Gasteiger partial charge in [0.1, 0.15) is 5.03 Å². The molecule has 0 aliphatic heterocycles. The Labute approximate surface area is 172 Å². The second-order valence-electron chi connectivity index (χ2n) is 6.02. The number of hydrogen-bond acceptors (Lipinski definition) is 4. The molecule has 1 heterocycles. The molecule has 0 fully saturated rings. The molecule has 0 aliphatic rings. The van der Waals surface area contributed by atoms with E-state index in [0.29, 0.717) is 16.3 Å². The number of nitrogens with zero attached hydrogens (tertiary/aromatic N) is 1. The molecule has 5 nitrogen and oxygen atoms in total. The molecule has 0 radical (unpaired) electrons. The maximum Gasteiger partial charge on any atom is 0.417 e. The average Bonchev–Trinajstić information content (AvgIpc) is 2.58. The molecule has 0 spiro atoms. The number of thioether (sulfide) groups is 1. The third-order valence-corrected chi connectivity index (χ3v) is 5.77. The van der Waals surface area contributed by atoms with Gasteiger partial charge in [0, 0.05) is 15.9 Å². The molecule has 0 bridgehead atoms. The SMILES string of the molecule is Cc1nc(SCC(=O)Nc2ccc(Br)c(C(F)(F)F)c2)c(C(N)=O)c(C)c1C. The molecule has 0 atom stereocenters. The molecule has 1 aromatic carbocycles. The molecular weight excluding hydrogens is 459 g/mol. The molecule has 1 aromatic heterocycles. The van der Waals surface area contributed by atoms with Crippen LogP contribution < -0.4 is 11.1 Å². The number of rotatable bonds is 5. The predicted octanol–water partition coefficient (Wildman–Crippen LogP) is 4.62. The second-order valence-corrected chi connectivity index (χ2v) is 7.84. The predicted molar refractivity (Wildman–Crippen MR) is 105 cm³/mol. The number of nitrogens with one attached hydrogen (secondary N) is 1. The number of alkyl halides is 3. The number of anilines is 1. The van der Waals surface area contributed by atoms with Gasteiger partial charge in [0.15, 0.2) is 0 Å². The highest BCUT2D eigenvalue weighted by atomic mass is 79.9. The number of halogens is 4. The molecule has 28 heavy (non-hydrogen) atoms. The van der Waals surface area contributed by atoms with Gasteiger partial charge in [0.05, 0.1) is 16.9 Å². The van der Waals surface area contributed by atoms with Crippen molar-refractivity contribution in [1.82, 2.24) is 4.98 Å². The lowest BCUT2D eigenvalue weighted by Gasteiger charge is -2.14. The Hall–Kier alpha value is -2.07. The molecule has 3 N–H and O–H groups in total. The minimum absolute atomic E-state index is 0.0143. The van der Waals surface area contributed by atoms with Crippen LogP contribution in [0.4, 0.5) is 18.9 Å². The largest absolute Gasteiger partial charge is 0.417 e. The summed E-state index contributed by atoms with van der Waals surface area (Å²) >= 11 is 3.84. The van der Waals surface area contributed by atoms with Gasteiger partial charge in [-0.05, 0) is 50.1 Å². The van der Waals surface area contributed by atoms with E-state index in [-0.39, 0.29) is 21.5 Å². The number of carbonyl (C=O) groups is 2. The lowest BCUT2D eigenvalue weighted by atomic mass is 10.0. The zero-order chi connectivity index (χ0) is 21.2. The molecule has 2 rings (SSSR count). The van der Waals surface area contributed by atoms with Crippen molar-refractivity contribution in [2.75, 3.05) is 11.1 Å². The first kappa shape index (κ1) is 22.2. The van der Waals surface area contributed by atoms with Gasteiger partial charge in [-0.25, -0.2) is 4.98 Å². The minimum atomic E-state index is -4.55. The highest BCUT2D eigenvalue weighted by Gasteiger charge is 2.33. The molecule has 2 amide bonds. The topological polar surface area (TPSA) is 85.1 Å². The molecule has 0 saturated carbocycles. The summed E-state index contributed by atoms with van der Waals surface area (Å²) in [7, 11) is 0. The summed E-state index contributed by atoms with van der Waals surface area (Å²) in [5.74, 6) is -1.33. The Balaban J connectivity index is 2.17. The number of nitrogens with two attached hydrogens (primary N) is 1. The van der Waals surface area contributed by atoms with Gasteiger partial charge in [-0.3, -0.25) is 9.59 Å². The smallest absolute Gasteiger partial charge is 0.366 e. The van der Waals surface area contributed by atoms with E-state index in [0.717, 1.165) is 23.4 Å². The Morgan fingerprint density at radius 2 is 1.86 bits per heavy atom. The molecular formula is C18H17BrF3N3O2S. The fraction of sp³-hybridized carbons (Fsp3) is 0.278. The Morgan fingerprint density at radius 1 is 1.21 bits per heavy atom. The lowest BCUT2D eigenvalue weighted by Crippen LogP contribution is -2.19. The number of primary amides is 1. The van der Waals surface area contributed by atoms with E-state index in [9.17, 15) is 22.8 Å². The standard InChI is InChI=1S/C18H17BrF3N3O2S/c1-8-9(2)15(16(23)27)17(24-10(8)3)28-7-14(26)25-11-4-5-13(19)12(6-11)18(20,21)22/h4-6H,7H2,1-3H3,(H2,23,27)(H,25,26). The number of pyridine rings is 1. The van der Waals surface area contributed by atoms with Crippen LogP contribution >= 0.6 is 27.7 Å². The Bertz CT molecular complexity index is 949. The second kappa shape index (κ2) is 8.52. The first-order valence-electron chi connectivity index (χ1n) is 7.98. The van der Waals surface area contributed by atoms with Crippen molar-refractivity contribution >= 4 is 45.2 Å². The van der Waals surface area contributed by atoms with Crippen LogP contribution in [0.3, 0.4) is 0 Å². The number of benzene rings is 1. The molecule has 0 aliphatic carbocycles. The van der Waals surface area contributed by atoms with Gasteiger partial charge in [-0.1, -0.05) is 27.7 Å². The maximum atomic E-state index is 13.0. The first-order chi connectivity index (χ1) is 12.9. The third-order valence-electron chi connectivity index (χ3n) is 4.11. The van der Waals surface area contributed by atoms with Crippen LogP contribution in [0.2, 0.25) is 0 Å². The average molecular weight is 476 g/mol. The summed E-state index contributed by atoms with van der Waals surface area (Å²) in [6.45, 7) is 5.34. The monoisotopic (exact) mass is 475 g/mol. The number of amides is 2. The molecule has 0 unspecified atom stereocenters. The van der Waals surface area contributed by atoms with Crippen LogP contribution in [0.15, 0.2) is 27.7 Å². The summed E-state index contributed by atoms with van der Waals surface area (Å²) in [4.78, 5) is 28.3. The van der Waals surface area contributed by atoms with Crippen molar-refractivity contribution in [3.05, 3.63) is 50.6 Å². The van der Waals surface area contributed by atoms with Crippen molar-refractivity contribution in [2.24, 2.45) is 5.73 Å². The van der Waals surface area contributed by atoms with Crippen LogP contribution in [0, 0.1) is 20.8 Å². The Morgan fingerprint density at radius 3 is 2.43 bits per heavy atom. The Kier molecular flexibility index (Phi) is 6.76. The van der Waals surface area contributed by atoms with E-state index < -0.39 is 23.6 Å². The van der Waals surface area contributed by atoms with Gasteiger partial charge in [-0.2, -0.15) is 13.2 Å². The third kappa shape index (κ3) is 5.05. The van der Waals surface area contributed by atoms with Crippen molar-refractivity contribution in [1.29, 1.82) is 0 Å². The van der Waals surface area contributed by atoms with E-state index in [2.05, 4.69) is 26.2 Å². The van der Waals surface area contributed by atoms with E-state index in [4.69, 9.17) is 5.73 Å². The summed E-state index contributed by atoms with van der Waals surface area (Å²) in [5, 5.41) is 2.73. The van der Waals surface area contributed by atoms with Crippen molar-refractivity contribution in [3.63, 3.8) is 0 Å². The van der Waals surface area contributed by atoms with Crippen LogP contribution in [-0.2, 0) is 11.0 Å². The summed E-state index contributed by atoms with van der Waals surface area (Å²) in [6.07, 6.45) is -4.55. The zero-order valence-corrected chi connectivity index (χ0v) is 17.6. The van der Waals surface area contributed by atoms with E-state index in [1.165, 1.54) is 12.1 Å².